The monoisotopic (exact) mass is 206 g/mol. The molecule has 0 saturated heterocycles. The third-order valence-electron chi connectivity index (χ3n) is 3.45. The molecule has 0 aliphatic heterocycles. The van der Waals surface area contributed by atoms with Crippen LogP contribution in [0.25, 0.3) is 0 Å². The highest BCUT2D eigenvalue weighted by Gasteiger charge is 2.33. The van der Waals surface area contributed by atoms with Crippen LogP contribution in [0.4, 0.5) is 0 Å². The first kappa shape index (κ1) is 10.7. The van der Waals surface area contributed by atoms with Crippen LogP contribution in [0.2, 0.25) is 0 Å². The molecule has 0 radical (unpaired) electrons. The van der Waals surface area contributed by atoms with E-state index in [9.17, 15) is 5.11 Å². The highest BCUT2D eigenvalue weighted by atomic mass is 16.5. The molecule has 1 N–H and O–H groups in total. The van der Waals surface area contributed by atoms with E-state index >= 15 is 0 Å². The number of fused-ring (bicyclic) bond motifs is 1. The Kier molecular flexibility index (Phi) is 2.81. The molecule has 2 rings (SSSR count). The summed E-state index contributed by atoms with van der Waals surface area (Å²) in [4.78, 5) is 0. The minimum Gasteiger partial charge on any atom is -0.393 e. The van der Waals surface area contributed by atoms with Crippen LogP contribution in [0.15, 0.2) is 18.2 Å². The van der Waals surface area contributed by atoms with Gasteiger partial charge in [0.15, 0.2) is 0 Å². The fraction of sp³-hybridized carbons (Fsp3) is 0.538. The lowest BCUT2D eigenvalue weighted by Crippen LogP contribution is -2.41. The Bertz CT molecular complexity index is 354. The molecule has 2 nitrogen and oxygen atoms in total. The van der Waals surface area contributed by atoms with E-state index in [1.54, 1.807) is 7.11 Å². The average molecular weight is 206 g/mol. The van der Waals surface area contributed by atoms with Gasteiger partial charge in [0.25, 0.3) is 0 Å². The summed E-state index contributed by atoms with van der Waals surface area (Å²) in [7, 11) is 1.69. The summed E-state index contributed by atoms with van der Waals surface area (Å²) in [6.07, 6.45) is 2.75. The van der Waals surface area contributed by atoms with Gasteiger partial charge in [-0.05, 0) is 30.9 Å². The molecular weight excluding hydrogens is 188 g/mol. The Balaban J connectivity index is 2.32. The molecule has 1 aromatic carbocycles. The lowest BCUT2D eigenvalue weighted by molar-refractivity contribution is -0.0607. The van der Waals surface area contributed by atoms with Crippen LogP contribution >= 0.6 is 0 Å². The number of aliphatic hydroxyl groups excluding tert-OH is 1. The van der Waals surface area contributed by atoms with E-state index in [2.05, 4.69) is 25.1 Å². The third kappa shape index (κ3) is 1.92. The Morgan fingerprint density at radius 2 is 2.20 bits per heavy atom. The normalized spacial score (nSPS) is 25.0. The van der Waals surface area contributed by atoms with Crippen molar-refractivity contribution in [3.05, 3.63) is 34.9 Å². The molecule has 1 atom stereocenters. The zero-order valence-electron chi connectivity index (χ0n) is 9.42. The van der Waals surface area contributed by atoms with Gasteiger partial charge >= 0.3 is 0 Å². The van der Waals surface area contributed by atoms with E-state index in [0.717, 1.165) is 19.3 Å². The average Bonchev–Trinajstić information content (AvgIpc) is 2.28. The van der Waals surface area contributed by atoms with Crippen molar-refractivity contribution in [1.82, 2.24) is 0 Å². The third-order valence-corrected chi connectivity index (χ3v) is 3.45. The second kappa shape index (κ2) is 3.95. The van der Waals surface area contributed by atoms with Crippen molar-refractivity contribution in [2.45, 2.75) is 31.8 Å². The van der Waals surface area contributed by atoms with E-state index < -0.39 is 0 Å². The summed E-state index contributed by atoms with van der Waals surface area (Å²) in [5, 5.41) is 9.41. The predicted octanol–water partition coefficient (Wildman–Crippen LogP) is 1.86. The van der Waals surface area contributed by atoms with Gasteiger partial charge in [-0.15, -0.1) is 0 Å². The van der Waals surface area contributed by atoms with Crippen LogP contribution in [0.1, 0.15) is 23.1 Å². The van der Waals surface area contributed by atoms with E-state index in [0.29, 0.717) is 0 Å². The topological polar surface area (TPSA) is 29.5 Å². The lowest BCUT2D eigenvalue weighted by Gasteiger charge is -2.35. The van der Waals surface area contributed by atoms with Crippen molar-refractivity contribution < 1.29 is 9.84 Å². The minimum atomic E-state index is -0.346. The zero-order chi connectivity index (χ0) is 10.9. The summed E-state index contributed by atoms with van der Waals surface area (Å²) in [5.41, 5.74) is 3.67. The molecule has 1 unspecified atom stereocenters. The first-order valence-corrected chi connectivity index (χ1v) is 5.43. The number of aryl methyl sites for hydroxylation is 2. The fourth-order valence-electron chi connectivity index (χ4n) is 2.33. The molecule has 2 heteroatoms. The van der Waals surface area contributed by atoms with Gasteiger partial charge in [0.05, 0.1) is 12.2 Å². The molecule has 0 heterocycles. The maximum absolute atomic E-state index is 9.41. The molecule has 0 amide bonds. The minimum absolute atomic E-state index is 0.108. The molecule has 0 aromatic heterocycles. The van der Waals surface area contributed by atoms with Gasteiger partial charge in [0.2, 0.25) is 0 Å². The molecular formula is C13H18O2. The van der Waals surface area contributed by atoms with Crippen LogP contribution < -0.4 is 0 Å². The van der Waals surface area contributed by atoms with Gasteiger partial charge in [0.1, 0.15) is 0 Å². The molecule has 1 aliphatic rings. The number of hydrogen-bond acceptors (Lipinski definition) is 2. The first-order chi connectivity index (χ1) is 7.19. The van der Waals surface area contributed by atoms with Crippen molar-refractivity contribution in [1.29, 1.82) is 0 Å². The molecule has 1 aromatic rings. The number of rotatable bonds is 2. The second-order valence-electron chi connectivity index (χ2n) is 4.49. The molecule has 82 valence electrons. The van der Waals surface area contributed by atoms with Crippen molar-refractivity contribution in [2.75, 3.05) is 13.7 Å². The molecule has 0 bridgehead atoms. The van der Waals surface area contributed by atoms with Crippen LogP contribution in [0, 0.1) is 6.92 Å². The lowest BCUT2D eigenvalue weighted by atomic mass is 9.80. The van der Waals surface area contributed by atoms with Gasteiger partial charge in [-0.1, -0.05) is 23.8 Å². The summed E-state index contributed by atoms with van der Waals surface area (Å²) >= 11 is 0. The van der Waals surface area contributed by atoms with Crippen molar-refractivity contribution in [3.8, 4) is 0 Å². The van der Waals surface area contributed by atoms with Crippen LogP contribution in [-0.2, 0) is 17.6 Å². The molecule has 15 heavy (non-hydrogen) atoms. The predicted molar refractivity (Wildman–Crippen MR) is 60.0 cm³/mol. The van der Waals surface area contributed by atoms with Gasteiger partial charge < -0.3 is 9.84 Å². The number of ether oxygens (including phenoxy) is 1. The standard InChI is InChI=1S/C13H18O2/c1-10-3-4-11-5-6-13(9-14,15-2)8-12(11)7-10/h3-4,7,14H,5-6,8-9H2,1-2H3. The summed E-state index contributed by atoms with van der Waals surface area (Å²) < 4.78 is 5.47. The molecule has 1 aliphatic carbocycles. The van der Waals surface area contributed by atoms with Crippen molar-refractivity contribution >= 4 is 0 Å². The van der Waals surface area contributed by atoms with Crippen molar-refractivity contribution in [3.63, 3.8) is 0 Å². The van der Waals surface area contributed by atoms with E-state index in [1.165, 1.54) is 16.7 Å². The Morgan fingerprint density at radius 1 is 1.40 bits per heavy atom. The number of benzene rings is 1. The van der Waals surface area contributed by atoms with Crippen LogP contribution in [-0.4, -0.2) is 24.4 Å². The Labute approximate surface area is 90.9 Å². The Hall–Kier alpha value is -0.860. The largest absolute Gasteiger partial charge is 0.393 e. The molecule has 0 fully saturated rings. The molecule has 0 saturated carbocycles. The first-order valence-electron chi connectivity index (χ1n) is 5.43. The quantitative estimate of drug-likeness (QED) is 0.800. The fourth-order valence-corrected chi connectivity index (χ4v) is 2.33. The smallest absolute Gasteiger partial charge is 0.0951 e. The highest BCUT2D eigenvalue weighted by Crippen LogP contribution is 2.31. The summed E-state index contributed by atoms with van der Waals surface area (Å²) in [6.45, 7) is 2.21. The SMILES string of the molecule is COC1(CO)CCc2ccc(C)cc2C1. The Morgan fingerprint density at radius 3 is 2.87 bits per heavy atom. The van der Waals surface area contributed by atoms with Gasteiger partial charge in [-0.25, -0.2) is 0 Å². The maximum Gasteiger partial charge on any atom is 0.0951 e. The van der Waals surface area contributed by atoms with Crippen molar-refractivity contribution in [2.24, 2.45) is 0 Å². The second-order valence-corrected chi connectivity index (χ2v) is 4.49. The zero-order valence-corrected chi connectivity index (χ0v) is 9.42. The summed E-state index contributed by atoms with van der Waals surface area (Å²) in [5.74, 6) is 0. The maximum atomic E-state index is 9.41. The highest BCUT2D eigenvalue weighted by molar-refractivity contribution is 5.35. The van der Waals surface area contributed by atoms with E-state index in [-0.39, 0.29) is 12.2 Å². The number of hydrogen-bond donors (Lipinski definition) is 1. The number of aliphatic hydroxyl groups is 1. The van der Waals surface area contributed by atoms with Gasteiger partial charge in [-0.3, -0.25) is 0 Å². The summed E-state index contributed by atoms with van der Waals surface area (Å²) in [6, 6.07) is 6.55. The van der Waals surface area contributed by atoms with Gasteiger partial charge in [0, 0.05) is 13.5 Å². The van der Waals surface area contributed by atoms with E-state index in [1.807, 2.05) is 0 Å². The van der Waals surface area contributed by atoms with E-state index in [4.69, 9.17) is 4.74 Å². The van der Waals surface area contributed by atoms with Gasteiger partial charge in [-0.2, -0.15) is 0 Å². The number of methoxy groups -OCH3 is 1. The molecule has 0 spiro atoms. The van der Waals surface area contributed by atoms with Crippen LogP contribution in [0.5, 0.6) is 0 Å². The van der Waals surface area contributed by atoms with Crippen LogP contribution in [0.3, 0.4) is 0 Å².